The molecule has 6 heteroatoms. The Labute approximate surface area is 188 Å². The van der Waals surface area contributed by atoms with Crippen molar-refractivity contribution in [3.05, 3.63) is 83.2 Å². The van der Waals surface area contributed by atoms with Crippen LogP contribution >= 0.6 is 0 Å². The molecule has 4 rings (SSSR count). The van der Waals surface area contributed by atoms with Gasteiger partial charge in [0.05, 0.1) is 11.3 Å². The Kier molecular flexibility index (Phi) is 6.61. The Hall–Kier alpha value is -3.12. The number of halogens is 1. The van der Waals surface area contributed by atoms with E-state index in [0.29, 0.717) is 11.1 Å². The zero-order valence-electron chi connectivity index (χ0n) is 18.9. The van der Waals surface area contributed by atoms with E-state index in [1.165, 1.54) is 6.07 Å². The summed E-state index contributed by atoms with van der Waals surface area (Å²) in [4.78, 5) is 25.5. The maximum atomic E-state index is 14.4. The Balaban J connectivity index is 1.52. The molecule has 1 aromatic heterocycles. The molecule has 32 heavy (non-hydrogen) atoms. The molecule has 1 atom stereocenters. The Morgan fingerprint density at radius 3 is 2.56 bits per heavy atom. The number of aryl methyl sites for hydroxylation is 1. The van der Waals surface area contributed by atoms with Gasteiger partial charge in [-0.2, -0.15) is 0 Å². The van der Waals surface area contributed by atoms with E-state index in [9.17, 15) is 9.18 Å². The zero-order chi connectivity index (χ0) is 22.7. The highest BCUT2D eigenvalue weighted by atomic mass is 19.1. The average molecular weight is 433 g/mol. The van der Waals surface area contributed by atoms with E-state index in [1.807, 2.05) is 37.3 Å². The van der Waals surface area contributed by atoms with Gasteiger partial charge in [-0.15, -0.1) is 0 Å². The number of rotatable bonds is 5. The number of aromatic nitrogens is 2. The van der Waals surface area contributed by atoms with Gasteiger partial charge in [0.1, 0.15) is 11.6 Å². The van der Waals surface area contributed by atoms with E-state index >= 15 is 0 Å². The van der Waals surface area contributed by atoms with Gasteiger partial charge < -0.3 is 4.90 Å². The molecule has 0 N–H and O–H groups in total. The van der Waals surface area contributed by atoms with Gasteiger partial charge in [0.25, 0.3) is 5.91 Å². The van der Waals surface area contributed by atoms with E-state index in [0.717, 1.165) is 55.1 Å². The minimum absolute atomic E-state index is 0.0796. The highest BCUT2D eigenvalue weighted by Gasteiger charge is 2.25. The molecule has 3 aromatic rings. The van der Waals surface area contributed by atoms with Gasteiger partial charge in [-0.1, -0.05) is 42.5 Å². The standard InChI is InChI=1S/C26H29FN4O/c1-18-23(26(32)30(2)3)15-28-25(29-18)20-10-8-14-31(17-20)16-19-9-4-5-11-21(19)22-12-6-7-13-24(22)27/h4-7,9,11-13,15,20H,8,10,14,16-17H2,1-3H3/t20-/m0/s1. The van der Waals surface area contributed by atoms with Crippen LogP contribution in [0.2, 0.25) is 0 Å². The van der Waals surface area contributed by atoms with E-state index in [2.05, 4.69) is 20.9 Å². The Bertz CT molecular complexity index is 1110. The lowest BCUT2D eigenvalue weighted by atomic mass is 9.94. The largest absolute Gasteiger partial charge is 0.345 e. The molecule has 2 aromatic carbocycles. The van der Waals surface area contributed by atoms with Crippen molar-refractivity contribution in [2.24, 2.45) is 0 Å². The minimum atomic E-state index is -0.201. The fourth-order valence-corrected chi connectivity index (χ4v) is 4.38. The van der Waals surface area contributed by atoms with Crippen LogP contribution in [0.25, 0.3) is 11.1 Å². The first-order chi connectivity index (χ1) is 15.4. The topological polar surface area (TPSA) is 49.3 Å². The van der Waals surface area contributed by atoms with Crippen LogP contribution in [-0.2, 0) is 6.54 Å². The molecule has 0 spiro atoms. The number of likely N-dealkylation sites (tertiary alicyclic amines) is 1. The first-order valence-electron chi connectivity index (χ1n) is 11.0. The SMILES string of the molecule is Cc1nc([C@H]2CCCN(Cc3ccccc3-c3ccccc3F)C2)ncc1C(=O)N(C)C. The molecule has 0 saturated carbocycles. The van der Waals surface area contributed by atoms with Crippen molar-refractivity contribution >= 4 is 5.91 Å². The monoisotopic (exact) mass is 432 g/mol. The van der Waals surface area contributed by atoms with Crippen molar-refractivity contribution in [3.63, 3.8) is 0 Å². The summed E-state index contributed by atoms with van der Waals surface area (Å²) in [6, 6.07) is 15.0. The lowest BCUT2D eigenvalue weighted by Crippen LogP contribution is -2.35. The summed E-state index contributed by atoms with van der Waals surface area (Å²) in [6.45, 7) is 4.44. The summed E-state index contributed by atoms with van der Waals surface area (Å²) in [5.74, 6) is 0.730. The number of hydrogen-bond donors (Lipinski definition) is 0. The van der Waals surface area contributed by atoms with Crippen LogP contribution in [0.5, 0.6) is 0 Å². The van der Waals surface area contributed by atoms with Crippen LogP contribution in [-0.4, -0.2) is 52.9 Å². The van der Waals surface area contributed by atoms with E-state index in [1.54, 1.807) is 31.3 Å². The first kappa shape index (κ1) is 22.1. The lowest BCUT2D eigenvalue weighted by molar-refractivity contribution is 0.0825. The molecule has 1 fully saturated rings. The third kappa shape index (κ3) is 4.70. The maximum Gasteiger partial charge on any atom is 0.256 e. The fourth-order valence-electron chi connectivity index (χ4n) is 4.38. The van der Waals surface area contributed by atoms with Crippen LogP contribution in [0.3, 0.4) is 0 Å². The summed E-state index contributed by atoms with van der Waals surface area (Å²) in [6.07, 6.45) is 3.73. The third-order valence-electron chi connectivity index (χ3n) is 6.08. The van der Waals surface area contributed by atoms with Gasteiger partial charge >= 0.3 is 0 Å². The van der Waals surface area contributed by atoms with Crippen LogP contribution in [0.15, 0.2) is 54.7 Å². The molecule has 5 nitrogen and oxygen atoms in total. The minimum Gasteiger partial charge on any atom is -0.345 e. The second-order valence-electron chi connectivity index (χ2n) is 8.64. The van der Waals surface area contributed by atoms with Gasteiger partial charge in [-0.3, -0.25) is 9.69 Å². The van der Waals surface area contributed by atoms with E-state index in [-0.39, 0.29) is 17.6 Å². The predicted octanol–water partition coefficient (Wildman–Crippen LogP) is 4.67. The summed E-state index contributed by atoms with van der Waals surface area (Å²) >= 11 is 0. The molecule has 2 heterocycles. The number of piperidine rings is 1. The van der Waals surface area contributed by atoms with Crippen molar-refractivity contribution in [2.45, 2.75) is 32.2 Å². The number of benzene rings is 2. The normalized spacial score (nSPS) is 16.7. The molecule has 0 unspecified atom stereocenters. The number of carbonyl (C=O) groups excluding carboxylic acids is 1. The molecular formula is C26H29FN4O. The molecular weight excluding hydrogens is 403 g/mol. The number of hydrogen-bond acceptors (Lipinski definition) is 4. The summed E-state index contributed by atoms with van der Waals surface area (Å²) in [5, 5.41) is 0. The highest BCUT2D eigenvalue weighted by molar-refractivity contribution is 5.94. The van der Waals surface area contributed by atoms with Crippen molar-refractivity contribution in [1.29, 1.82) is 0 Å². The second kappa shape index (κ2) is 9.57. The molecule has 1 saturated heterocycles. The van der Waals surface area contributed by atoms with E-state index < -0.39 is 0 Å². The van der Waals surface area contributed by atoms with E-state index in [4.69, 9.17) is 0 Å². The molecule has 166 valence electrons. The number of nitrogens with zero attached hydrogens (tertiary/aromatic N) is 4. The number of carbonyl (C=O) groups is 1. The van der Waals surface area contributed by atoms with Crippen LogP contribution in [0, 0.1) is 12.7 Å². The highest BCUT2D eigenvalue weighted by Crippen LogP contribution is 2.30. The quantitative estimate of drug-likeness (QED) is 0.588. The first-order valence-corrected chi connectivity index (χ1v) is 11.0. The molecule has 0 aliphatic carbocycles. The van der Waals surface area contributed by atoms with Gasteiger partial charge in [-0.05, 0) is 43.5 Å². The van der Waals surface area contributed by atoms with Crippen LogP contribution in [0.4, 0.5) is 4.39 Å². The second-order valence-corrected chi connectivity index (χ2v) is 8.64. The maximum absolute atomic E-state index is 14.4. The average Bonchev–Trinajstić information content (AvgIpc) is 2.79. The number of amides is 1. The molecule has 0 bridgehead atoms. The van der Waals surface area contributed by atoms with Crippen molar-refractivity contribution in [3.8, 4) is 11.1 Å². The smallest absolute Gasteiger partial charge is 0.256 e. The fraction of sp³-hybridized carbons (Fsp3) is 0.346. The van der Waals surface area contributed by atoms with Crippen LogP contribution < -0.4 is 0 Å². The summed E-state index contributed by atoms with van der Waals surface area (Å²) in [7, 11) is 3.46. The molecule has 1 aliphatic rings. The third-order valence-corrected chi connectivity index (χ3v) is 6.08. The predicted molar refractivity (Wildman–Crippen MR) is 124 cm³/mol. The van der Waals surface area contributed by atoms with Crippen LogP contribution in [0.1, 0.15) is 46.2 Å². The summed E-state index contributed by atoms with van der Waals surface area (Å²) < 4.78 is 14.4. The van der Waals surface area contributed by atoms with Crippen molar-refractivity contribution < 1.29 is 9.18 Å². The lowest BCUT2D eigenvalue weighted by Gasteiger charge is -2.32. The van der Waals surface area contributed by atoms with Crippen molar-refractivity contribution in [2.75, 3.05) is 27.2 Å². The summed E-state index contributed by atoms with van der Waals surface area (Å²) in [5.41, 5.74) is 3.95. The molecule has 0 radical (unpaired) electrons. The molecule has 1 aliphatic heterocycles. The van der Waals surface area contributed by atoms with Gasteiger partial charge in [0, 0.05) is 44.9 Å². The molecule has 1 amide bonds. The van der Waals surface area contributed by atoms with Gasteiger partial charge in [0.15, 0.2) is 0 Å². The van der Waals surface area contributed by atoms with Gasteiger partial charge in [0.2, 0.25) is 0 Å². The zero-order valence-corrected chi connectivity index (χ0v) is 18.9. The Morgan fingerprint density at radius 1 is 1.12 bits per heavy atom. The van der Waals surface area contributed by atoms with Crippen molar-refractivity contribution in [1.82, 2.24) is 19.8 Å². The Morgan fingerprint density at radius 2 is 1.84 bits per heavy atom. The van der Waals surface area contributed by atoms with Gasteiger partial charge in [-0.25, -0.2) is 14.4 Å².